The molecule has 0 spiro atoms. The van der Waals surface area contributed by atoms with Crippen LogP contribution in [0.15, 0.2) is 0 Å². The zero-order valence-electron chi connectivity index (χ0n) is 39.2. The maximum atomic E-state index is 12.6. The van der Waals surface area contributed by atoms with Crippen molar-refractivity contribution >= 4 is 29.5 Å². The van der Waals surface area contributed by atoms with Crippen LogP contribution in [0.5, 0.6) is 0 Å². The molecule has 4 heterocycles. The third-order valence-corrected chi connectivity index (χ3v) is 12.0. The van der Waals surface area contributed by atoms with E-state index in [9.17, 15) is 90.4 Å². The van der Waals surface area contributed by atoms with Crippen LogP contribution in [0.4, 0.5) is 0 Å². The lowest BCUT2D eigenvalue weighted by atomic mass is 9.94. The summed E-state index contributed by atoms with van der Waals surface area (Å²) < 4.78 is 46.5. The Morgan fingerprint density at radius 1 is 0.479 bits per heavy atom. The summed E-state index contributed by atoms with van der Waals surface area (Å²) in [6, 6.07) is -8.07. The highest BCUT2D eigenvalue weighted by atomic mass is 16.7. The molecule has 0 radical (unpaired) electrons. The number of rotatable bonds is 22. The summed E-state index contributed by atoms with van der Waals surface area (Å²) in [4.78, 5) is 61.3. The number of hydrogen-bond acceptors (Lipinski definition) is 26. The third kappa shape index (κ3) is 15.1. The summed E-state index contributed by atoms with van der Waals surface area (Å²) >= 11 is 0. The van der Waals surface area contributed by atoms with Gasteiger partial charge in [-0.05, 0) is 0 Å². The fourth-order valence-corrected chi connectivity index (χ4v) is 8.56. The van der Waals surface area contributed by atoms with E-state index in [1.165, 1.54) is 0 Å². The SMILES string of the molecule is CC(=O)N[C@H]1[C@H](OC[C@@H](O)[C@H](O)[C@H](O[C@@H]2O[C@H](CO)[C@@H](O[C@@H]3O[C@H](CO)[C@H](O)[C@H](O)[C@H]3NC(C)=O)[C@H](O)[C@H]2NC(C)=O)[C@H](CO)NC(C)=O)O[C@H](CO)[C@@H](O[C@@H]2O[C@H](CO)[C@H](O)[C@H](O)[C@H]2NC(C)=O)[C@@H]1O. The molecule has 4 fully saturated rings. The van der Waals surface area contributed by atoms with Crippen molar-refractivity contribution in [2.75, 3.05) is 39.6 Å². The van der Waals surface area contributed by atoms with E-state index in [1.54, 1.807) is 0 Å². The van der Waals surface area contributed by atoms with Gasteiger partial charge in [-0.15, -0.1) is 0 Å². The Kier molecular flexibility index (Phi) is 23.0. The molecule has 410 valence electrons. The smallest absolute Gasteiger partial charge is 0.217 e. The second-order valence-corrected chi connectivity index (χ2v) is 17.4. The third-order valence-electron chi connectivity index (χ3n) is 12.0. The molecule has 31 nitrogen and oxygen atoms in total. The van der Waals surface area contributed by atoms with E-state index in [0.717, 1.165) is 34.6 Å². The fraction of sp³-hybridized carbons (Fsp3) is 0.875. The Labute approximate surface area is 405 Å². The number of hydrogen-bond donors (Lipinski definition) is 18. The normalized spacial score (nSPS) is 39.2. The van der Waals surface area contributed by atoms with Crippen LogP contribution in [-0.2, 0) is 61.9 Å². The Bertz CT molecular complexity index is 1740. The van der Waals surface area contributed by atoms with E-state index in [0.29, 0.717) is 0 Å². The zero-order valence-corrected chi connectivity index (χ0v) is 39.2. The highest BCUT2D eigenvalue weighted by molar-refractivity contribution is 5.75. The van der Waals surface area contributed by atoms with Gasteiger partial charge < -0.3 is 131 Å². The van der Waals surface area contributed by atoms with E-state index in [-0.39, 0.29) is 0 Å². The van der Waals surface area contributed by atoms with Crippen molar-refractivity contribution in [2.24, 2.45) is 0 Å². The van der Waals surface area contributed by atoms with Gasteiger partial charge in [0, 0.05) is 34.6 Å². The van der Waals surface area contributed by atoms with E-state index in [2.05, 4.69) is 26.6 Å². The molecule has 4 aliphatic rings. The first kappa shape index (κ1) is 60.1. The molecule has 0 bridgehead atoms. The van der Waals surface area contributed by atoms with Crippen molar-refractivity contribution in [3.63, 3.8) is 0 Å². The van der Waals surface area contributed by atoms with Crippen LogP contribution in [0, 0.1) is 0 Å². The minimum atomic E-state index is -2.26. The van der Waals surface area contributed by atoms with Gasteiger partial charge in [-0.3, -0.25) is 24.0 Å². The summed E-state index contributed by atoms with van der Waals surface area (Å²) in [7, 11) is 0. The Morgan fingerprint density at radius 2 is 0.831 bits per heavy atom. The van der Waals surface area contributed by atoms with Gasteiger partial charge in [0.25, 0.3) is 0 Å². The van der Waals surface area contributed by atoms with E-state index in [4.69, 9.17) is 37.9 Å². The molecule has 0 aromatic heterocycles. The highest BCUT2D eigenvalue weighted by Crippen LogP contribution is 2.33. The summed E-state index contributed by atoms with van der Waals surface area (Å²) in [5.41, 5.74) is 0. The van der Waals surface area contributed by atoms with Gasteiger partial charge >= 0.3 is 0 Å². The molecule has 4 aliphatic heterocycles. The summed E-state index contributed by atoms with van der Waals surface area (Å²) in [6.07, 6.45) is -34.2. The molecule has 4 saturated heterocycles. The standard InChI is InChI=1S/C40H69N5O26/c1-12(51)41-17(6-46)34(69-40-26(45-16(5)55)33(63)36(22(10-50)68-40)71-39-24(43-14(3)53)31(61)29(59)20(8-48)66-39)27(57)18(56)11-64-37-25(44-15(4)54)32(62)35(21(9-49)67-37)70-38-23(42-13(2)52)30(60)28(58)19(7-47)65-38/h17-40,46-50,56-63H,6-11H2,1-5H3,(H,41,51)(H,42,52)(H,43,53)(H,44,54)(H,45,55)/t17-,18+,19+,20+,21+,22+,23+,24+,25+,26+,27-,28-,29-,30+,31+,32+,33+,34+,35+,36+,37+,38-,39-,40-/m0/s1. The van der Waals surface area contributed by atoms with Crippen molar-refractivity contribution in [1.82, 2.24) is 26.6 Å². The number of carbonyl (C=O) groups excluding carboxylic acids is 5. The molecule has 0 aliphatic carbocycles. The van der Waals surface area contributed by atoms with Gasteiger partial charge in [0.05, 0.1) is 45.7 Å². The van der Waals surface area contributed by atoms with Crippen molar-refractivity contribution < 1.29 is 128 Å². The quantitative estimate of drug-likeness (QED) is 0.0479. The van der Waals surface area contributed by atoms with Gasteiger partial charge in [-0.25, -0.2) is 0 Å². The predicted molar refractivity (Wildman–Crippen MR) is 227 cm³/mol. The van der Waals surface area contributed by atoms with Crippen LogP contribution in [0.25, 0.3) is 0 Å². The minimum absolute atomic E-state index is 0.711. The van der Waals surface area contributed by atoms with Gasteiger partial charge in [-0.2, -0.15) is 0 Å². The average molecular weight is 1040 g/mol. The van der Waals surface area contributed by atoms with Crippen molar-refractivity contribution in [2.45, 2.75) is 182 Å². The number of carbonyl (C=O) groups is 5. The first-order valence-corrected chi connectivity index (χ1v) is 22.5. The van der Waals surface area contributed by atoms with Gasteiger partial charge in [0.2, 0.25) is 29.5 Å². The minimum Gasteiger partial charge on any atom is -0.394 e. The maximum absolute atomic E-state index is 12.6. The van der Waals surface area contributed by atoms with Crippen molar-refractivity contribution in [1.29, 1.82) is 0 Å². The van der Waals surface area contributed by atoms with Crippen molar-refractivity contribution in [3.8, 4) is 0 Å². The molecule has 18 N–H and O–H groups in total. The summed E-state index contributed by atoms with van der Waals surface area (Å²) in [5.74, 6) is -3.85. The molecule has 0 unspecified atom stereocenters. The summed E-state index contributed by atoms with van der Waals surface area (Å²) in [5, 5.41) is 152. The molecular formula is C40H69N5O26. The Morgan fingerprint density at radius 3 is 1.18 bits per heavy atom. The molecule has 4 rings (SSSR count). The monoisotopic (exact) mass is 1040 g/mol. The Balaban J connectivity index is 1.60. The fourth-order valence-electron chi connectivity index (χ4n) is 8.56. The van der Waals surface area contributed by atoms with Gasteiger partial charge in [0.15, 0.2) is 25.2 Å². The summed E-state index contributed by atoms with van der Waals surface area (Å²) in [6.45, 7) is -0.418. The molecular weight excluding hydrogens is 966 g/mol. The molecule has 24 atom stereocenters. The van der Waals surface area contributed by atoms with Crippen LogP contribution >= 0.6 is 0 Å². The van der Waals surface area contributed by atoms with E-state index in [1.807, 2.05) is 0 Å². The molecule has 71 heavy (non-hydrogen) atoms. The van der Waals surface area contributed by atoms with Crippen molar-refractivity contribution in [3.05, 3.63) is 0 Å². The van der Waals surface area contributed by atoms with Crippen LogP contribution in [-0.4, -0.2) is 282 Å². The number of aliphatic hydroxyl groups excluding tert-OH is 13. The second-order valence-electron chi connectivity index (χ2n) is 17.4. The van der Waals surface area contributed by atoms with Crippen LogP contribution in [0.3, 0.4) is 0 Å². The molecule has 31 heteroatoms. The average Bonchev–Trinajstić information content (AvgIpc) is 3.31. The first-order chi connectivity index (χ1) is 33.4. The van der Waals surface area contributed by atoms with Crippen LogP contribution in [0.1, 0.15) is 34.6 Å². The second kappa shape index (κ2) is 27.2. The molecule has 5 amide bonds. The first-order valence-electron chi connectivity index (χ1n) is 22.5. The lowest BCUT2D eigenvalue weighted by molar-refractivity contribution is -0.341. The highest BCUT2D eigenvalue weighted by Gasteiger charge is 2.55. The molecule has 0 saturated carbocycles. The van der Waals surface area contributed by atoms with Crippen LogP contribution in [0.2, 0.25) is 0 Å². The van der Waals surface area contributed by atoms with Gasteiger partial charge in [-0.1, -0.05) is 0 Å². The molecule has 0 aromatic carbocycles. The maximum Gasteiger partial charge on any atom is 0.217 e. The number of amides is 5. The largest absolute Gasteiger partial charge is 0.394 e. The lowest BCUT2D eigenvalue weighted by Gasteiger charge is -2.49. The predicted octanol–water partition coefficient (Wildman–Crippen LogP) is -11.6. The van der Waals surface area contributed by atoms with Crippen LogP contribution < -0.4 is 26.6 Å². The lowest BCUT2D eigenvalue weighted by Crippen LogP contribution is -2.70. The topological polar surface area (TPSA) is 482 Å². The Hall–Kier alpha value is -3.49. The van der Waals surface area contributed by atoms with E-state index < -0.39 is 216 Å². The van der Waals surface area contributed by atoms with Gasteiger partial charge in [0.1, 0.15) is 116 Å². The number of aliphatic hydroxyl groups is 13. The zero-order chi connectivity index (χ0) is 53.2. The van der Waals surface area contributed by atoms with E-state index >= 15 is 0 Å². The molecule has 0 aromatic rings. The number of ether oxygens (including phenoxy) is 8. The number of nitrogens with one attached hydrogen (secondary N) is 5.